The summed E-state index contributed by atoms with van der Waals surface area (Å²) in [4.78, 5) is 23.5. The van der Waals surface area contributed by atoms with Crippen LogP contribution in [0.1, 0.15) is 19.4 Å². The first-order valence-electron chi connectivity index (χ1n) is 5.45. The second-order valence-electron chi connectivity index (χ2n) is 3.60. The van der Waals surface area contributed by atoms with E-state index in [1.165, 1.54) is 10.6 Å². The number of carbonyl (C=O) groups is 1. The smallest absolute Gasteiger partial charge is 0.251 e. The first-order valence-corrected chi connectivity index (χ1v) is 6.25. The molecule has 1 heterocycles. The monoisotopic (exact) mass is 301 g/mol. The van der Waals surface area contributed by atoms with Crippen molar-refractivity contribution in [2.45, 2.75) is 19.4 Å². The molecule has 17 heavy (non-hydrogen) atoms. The van der Waals surface area contributed by atoms with Crippen LogP contribution in [0.4, 0.5) is 0 Å². The minimum absolute atomic E-state index is 0.182. The molecule has 94 valence electrons. The van der Waals surface area contributed by atoms with Crippen molar-refractivity contribution in [3.05, 3.63) is 33.2 Å². The Labute approximate surface area is 108 Å². The highest BCUT2D eigenvalue weighted by atomic mass is 79.9. The fraction of sp³-hybridized carbons (Fsp3) is 0.455. The van der Waals surface area contributed by atoms with Gasteiger partial charge in [-0.05, 0) is 28.4 Å². The average Bonchev–Trinajstić information content (AvgIpc) is 2.32. The number of aromatic nitrogens is 1. The zero-order chi connectivity index (χ0) is 12.8. The number of pyridine rings is 1. The van der Waals surface area contributed by atoms with Gasteiger partial charge in [0.2, 0.25) is 5.91 Å². The lowest BCUT2D eigenvalue weighted by Gasteiger charge is -2.17. The van der Waals surface area contributed by atoms with E-state index in [1.807, 2.05) is 6.92 Å². The van der Waals surface area contributed by atoms with Gasteiger partial charge in [-0.1, -0.05) is 6.92 Å². The maximum absolute atomic E-state index is 11.9. The van der Waals surface area contributed by atoms with Crippen LogP contribution in [0.25, 0.3) is 0 Å². The highest BCUT2D eigenvalue weighted by Gasteiger charge is 2.18. The molecule has 5 nitrogen and oxygen atoms in total. The number of carbonyl (C=O) groups excluding carboxylic acids is 1. The first kappa shape index (κ1) is 13.9. The molecule has 1 rings (SSSR count). The number of hydrogen-bond donors (Lipinski definition) is 2. The van der Waals surface area contributed by atoms with Crippen molar-refractivity contribution in [2.24, 2.45) is 5.73 Å². The summed E-state index contributed by atoms with van der Waals surface area (Å²) in [5.74, 6) is -0.182. The van der Waals surface area contributed by atoms with E-state index in [-0.39, 0.29) is 11.5 Å². The molecule has 0 radical (unpaired) electrons. The third kappa shape index (κ3) is 3.67. The van der Waals surface area contributed by atoms with Crippen LogP contribution in [-0.2, 0) is 4.79 Å². The summed E-state index contributed by atoms with van der Waals surface area (Å²) in [6.45, 7) is 2.66. The topological polar surface area (TPSA) is 77.1 Å². The number of nitrogens with zero attached hydrogens (tertiary/aromatic N) is 1. The molecule has 0 aliphatic carbocycles. The van der Waals surface area contributed by atoms with Crippen LogP contribution in [0.15, 0.2) is 27.6 Å². The largest absolute Gasteiger partial charge is 0.353 e. The van der Waals surface area contributed by atoms with Crippen LogP contribution >= 0.6 is 15.9 Å². The predicted molar refractivity (Wildman–Crippen MR) is 69.8 cm³/mol. The average molecular weight is 302 g/mol. The second-order valence-corrected chi connectivity index (χ2v) is 4.51. The number of halogens is 1. The Bertz CT molecular complexity index is 445. The lowest BCUT2D eigenvalue weighted by Crippen LogP contribution is -2.38. The number of rotatable bonds is 5. The Morgan fingerprint density at radius 2 is 2.29 bits per heavy atom. The molecule has 3 N–H and O–H groups in total. The maximum Gasteiger partial charge on any atom is 0.251 e. The molecule has 0 spiro atoms. The van der Waals surface area contributed by atoms with Gasteiger partial charge < -0.3 is 15.6 Å². The lowest BCUT2D eigenvalue weighted by atomic mass is 10.2. The van der Waals surface area contributed by atoms with Gasteiger partial charge in [-0.15, -0.1) is 0 Å². The zero-order valence-corrected chi connectivity index (χ0v) is 11.2. The van der Waals surface area contributed by atoms with Gasteiger partial charge in [0.1, 0.15) is 6.04 Å². The fourth-order valence-electron chi connectivity index (χ4n) is 1.54. The van der Waals surface area contributed by atoms with Gasteiger partial charge in [-0.25, -0.2) is 0 Å². The molecular weight excluding hydrogens is 286 g/mol. The van der Waals surface area contributed by atoms with E-state index in [0.29, 0.717) is 19.5 Å². The van der Waals surface area contributed by atoms with Gasteiger partial charge in [0.05, 0.1) is 0 Å². The van der Waals surface area contributed by atoms with Crippen molar-refractivity contribution in [3.63, 3.8) is 0 Å². The van der Waals surface area contributed by atoms with E-state index in [0.717, 1.165) is 4.47 Å². The van der Waals surface area contributed by atoms with Gasteiger partial charge in [0.15, 0.2) is 0 Å². The minimum Gasteiger partial charge on any atom is -0.353 e. The molecular formula is C11H16BrN3O2. The van der Waals surface area contributed by atoms with Gasteiger partial charge in [-0.3, -0.25) is 9.59 Å². The summed E-state index contributed by atoms with van der Waals surface area (Å²) in [6.07, 6.45) is 2.17. The highest BCUT2D eigenvalue weighted by molar-refractivity contribution is 9.10. The summed E-state index contributed by atoms with van der Waals surface area (Å²) in [5.41, 5.74) is 5.13. The van der Waals surface area contributed by atoms with Crippen LogP contribution in [0.2, 0.25) is 0 Å². The Morgan fingerprint density at radius 3 is 2.88 bits per heavy atom. The molecule has 0 aliphatic rings. The third-order valence-corrected chi connectivity index (χ3v) is 2.84. The maximum atomic E-state index is 11.9. The molecule has 1 amide bonds. The van der Waals surface area contributed by atoms with Crippen LogP contribution in [0.5, 0.6) is 0 Å². The molecule has 1 unspecified atom stereocenters. The number of amides is 1. The van der Waals surface area contributed by atoms with E-state index >= 15 is 0 Å². The van der Waals surface area contributed by atoms with Gasteiger partial charge >= 0.3 is 0 Å². The number of hydrogen-bond acceptors (Lipinski definition) is 3. The van der Waals surface area contributed by atoms with Crippen molar-refractivity contribution in [1.29, 1.82) is 0 Å². The van der Waals surface area contributed by atoms with E-state index in [4.69, 9.17) is 5.73 Å². The van der Waals surface area contributed by atoms with Crippen LogP contribution in [-0.4, -0.2) is 23.6 Å². The molecule has 1 aromatic rings. The quantitative estimate of drug-likeness (QED) is 0.838. The summed E-state index contributed by atoms with van der Waals surface area (Å²) >= 11 is 3.28. The molecule has 0 saturated carbocycles. The van der Waals surface area contributed by atoms with E-state index < -0.39 is 6.04 Å². The Hall–Kier alpha value is -1.14. The molecule has 0 fully saturated rings. The Balaban J connectivity index is 2.97. The van der Waals surface area contributed by atoms with E-state index in [2.05, 4.69) is 21.2 Å². The number of nitrogens with one attached hydrogen (secondary N) is 1. The molecule has 6 heteroatoms. The molecule has 0 aliphatic heterocycles. The van der Waals surface area contributed by atoms with Crippen LogP contribution in [0, 0.1) is 0 Å². The summed E-state index contributed by atoms with van der Waals surface area (Å²) in [5, 5.41) is 2.69. The SMILES string of the molecule is CCC(C(=O)NCCN)n1cc(Br)ccc1=O. The highest BCUT2D eigenvalue weighted by Crippen LogP contribution is 2.12. The van der Waals surface area contributed by atoms with Gasteiger partial charge in [0.25, 0.3) is 5.56 Å². The van der Waals surface area contributed by atoms with E-state index in [1.54, 1.807) is 12.3 Å². The molecule has 1 aromatic heterocycles. The molecule has 0 bridgehead atoms. The minimum atomic E-state index is -0.494. The van der Waals surface area contributed by atoms with Crippen LogP contribution < -0.4 is 16.6 Å². The third-order valence-electron chi connectivity index (χ3n) is 2.37. The standard InChI is InChI=1S/C11H16BrN3O2/c1-2-9(11(17)14-6-5-13)15-7-8(12)3-4-10(15)16/h3-4,7,9H,2,5-6,13H2,1H3,(H,14,17). The normalized spacial score (nSPS) is 12.2. The summed E-state index contributed by atoms with van der Waals surface area (Å²) < 4.78 is 2.19. The lowest BCUT2D eigenvalue weighted by molar-refractivity contribution is -0.124. The molecule has 0 aromatic carbocycles. The number of nitrogens with two attached hydrogens (primary N) is 1. The second kappa shape index (κ2) is 6.56. The van der Waals surface area contributed by atoms with Gasteiger partial charge in [-0.2, -0.15) is 0 Å². The Kier molecular flexibility index (Phi) is 5.37. The van der Waals surface area contributed by atoms with Crippen molar-refractivity contribution < 1.29 is 4.79 Å². The fourth-order valence-corrected chi connectivity index (χ4v) is 1.89. The Morgan fingerprint density at radius 1 is 1.59 bits per heavy atom. The van der Waals surface area contributed by atoms with Crippen molar-refractivity contribution in [1.82, 2.24) is 9.88 Å². The van der Waals surface area contributed by atoms with Crippen molar-refractivity contribution >= 4 is 21.8 Å². The molecule has 1 atom stereocenters. The van der Waals surface area contributed by atoms with Gasteiger partial charge in [0, 0.05) is 29.8 Å². The predicted octanol–water partition coefficient (Wildman–Crippen LogP) is 0.637. The summed E-state index contributed by atoms with van der Waals surface area (Å²) in [7, 11) is 0. The van der Waals surface area contributed by atoms with Crippen molar-refractivity contribution in [3.8, 4) is 0 Å². The molecule has 0 saturated heterocycles. The summed E-state index contributed by atoms with van der Waals surface area (Å²) in [6, 6.07) is 2.60. The van der Waals surface area contributed by atoms with E-state index in [9.17, 15) is 9.59 Å². The zero-order valence-electron chi connectivity index (χ0n) is 9.65. The van der Waals surface area contributed by atoms with Crippen molar-refractivity contribution in [2.75, 3.05) is 13.1 Å². The van der Waals surface area contributed by atoms with Crippen LogP contribution in [0.3, 0.4) is 0 Å². The first-order chi connectivity index (χ1) is 8.10.